The number of thiophene rings is 1. The van der Waals surface area contributed by atoms with Gasteiger partial charge in [-0.25, -0.2) is 9.59 Å². The number of carboxylic acid groups (broad SMARTS) is 1. The van der Waals surface area contributed by atoms with E-state index in [2.05, 4.69) is 17.6 Å². The number of hydrogen-bond acceptors (Lipinski definition) is 3. The molecule has 116 valence electrons. The molecule has 0 bridgehead atoms. The highest BCUT2D eigenvalue weighted by atomic mass is 32.1. The van der Waals surface area contributed by atoms with Gasteiger partial charge < -0.3 is 10.4 Å². The molecule has 1 aromatic heterocycles. The number of anilines is 1. The molecule has 2 amide bonds. The lowest BCUT2D eigenvalue weighted by atomic mass is 9.87. The third-order valence-corrected chi connectivity index (χ3v) is 5.30. The molecule has 0 aromatic carbocycles. The number of amides is 2. The summed E-state index contributed by atoms with van der Waals surface area (Å²) in [5.41, 5.74) is 0.916. The number of aryl methyl sites for hydroxylation is 1. The number of carboxylic acids is 1. The lowest BCUT2D eigenvalue weighted by Crippen LogP contribution is -2.40. The van der Waals surface area contributed by atoms with Gasteiger partial charge in [0.2, 0.25) is 0 Å². The summed E-state index contributed by atoms with van der Waals surface area (Å²) in [6, 6.07) is -0.116. The Morgan fingerprint density at radius 1 is 1.19 bits per heavy atom. The standard InChI is InChI=1S/C15H22N2O3S/c1-8-4-6-11(7-5-8)16-15(20)17-13-12(14(18)19)9(2)10(3)21-13/h8,11H,4-7H2,1-3H3,(H,18,19)(H2,16,17,20). The van der Waals surface area contributed by atoms with Gasteiger partial charge in [0.25, 0.3) is 0 Å². The van der Waals surface area contributed by atoms with Crippen molar-refractivity contribution in [2.75, 3.05) is 5.32 Å². The first-order valence-electron chi connectivity index (χ1n) is 7.29. The number of urea groups is 1. The first kappa shape index (κ1) is 15.8. The molecule has 1 aliphatic carbocycles. The van der Waals surface area contributed by atoms with E-state index in [0.717, 1.165) is 36.5 Å². The maximum atomic E-state index is 12.0. The van der Waals surface area contributed by atoms with Crippen molar-refractivity contribution in [2.24, 2.45) is 5.92 Å². The Morgan fingerprint density at radius 2 is 1.81 bits per heavy atom. The van der Waals surface area contributed by atoms with Crippen molar-refractivity contribution >= 4 is 28.3 Å². The fourth-order valence-electron chi connectivity index (χ4n) is 2.70. The smallest absolute Gasteiger partial charge is 0.338 e. The minimum atomic E-state index is -1.00. The summed E-state index contributed by atoms with van der Waals surface area (Å²) in [6.07, 6.45) is 4.23. The predicted molar refractivity (Wildman–Crippen MR) is 84.3 cm³/mol. The average molecular weight is 310 g/mol. The molecule has 3 N–H and O–H groups in total. The summed E-state index contributed by atoms with van der Waals surface area (Å²) in [5, 5.41) is 15.3. The Labute approximate surface area is 128 Å². The number of carbonyl (C=O) groups excluding carboxylic acids is 1. The average Bonchev–Trinajstić information content (AvgIpc) is 2.67. The van der Waals surface area contributed by atoms with Gasteiger partial charge in [0.15, 0.2) is 0 Å². The largest absolute Gasteiger partial charge is 0.478 e. The van der Waals surface area contributed by atoms with E-state index in [4.69, 9.17) is 0 Å². The van der Waals surface area contributed by atoms with E-state index in [0.29, 0.717) is 10.6 Å². The maximum absolute atomic E-state index is 12.0. The van der Waals surface area contributed by atoms with E-state index in [-0.39, 0.29) is 17.6 Å². The van der Waals surface area contributed by atoms with Crippen molar-refractivity contribution in [1.29, 1.82) is 0 Å². The van der Waals surface area contributed by atoms with Crippen LogP contribution in [0.2, 0.25) is 0 Å². The molecule has 2 rings (SSSR count). The molecule has 1 aromatic rings. The summed E-state index contributed by atoms with van der Waals surface area (Å²) in [6.45, 7) is 5.85. The molecule has 1 fully saturated rings. The summed E-state index contributed by atoms with van der Waals surface area (Å²) < 4.78 is 0. The van der Waals surface area contributed by atoms with Crippen LogP contribution in [0.3, 0.4) is 0 Å². The minimum absolute atomic E-state index is 0.191. The van der Waals surface area contributed by atoms with Gasteiger partial charge in [-0.3, -0.25) is 5.32 Å². The van der Waals surface area contributed by atoms with Crippen molar-refractivity contribution < 1.29 is 14.7 Å². The zero-order valence-corrected chi connectivity index (χ0v) is 13.5. The fraction of sp³-hybridized carbons (Fsp3) is 0.600. The van der Waals surface area contributed by atoms with Crippen molar-refractivity contribution in [3.8, 4) is 0 Å². The van der Waals surface area contributed by atoms with Crippen LogP contribution < -0.4 is 10.6 Å². The third-order valence-electron chi connectivity index (χ3n) is 4.18. The van der Waals surface area contributed by atoms with Gasteiger partial charge in [-0.05, 0) is 51.0 Å². The van der Waals surface area contributed by atoms with Gasteiger partial charge in [-0.2, -0.15) is 0 Å². The second kappa shape index (κ2) is 6.47. The molecule has 6 heteroatoms. The monoisotopic (exact) mass is 310 g/mol. The normalized spacial score (nSPS) is 21.9. The van der Waals surface area contributed by atoms with E-state index in [9.17, 15) is 14.7 Å². The van der Waals surface area contributed by atoms with Crippen molar-refractivity contribution in [3.05, 3.63) is 16.0 Å². The van der Waals surface area contributed by atoms with E-state index in [1.807, 2.05) is 6.92 Å². The zero-order valence-electron chi connectivity index (χ0n) is 12.7. The zero-order chi connectivity index (χ0) is 15.6. The van der Waals surface area contributed by atoms with Crippen LogP contribution in [-0.2, 0) is 0 Å². The summed E-state index contributed by atoms with van der Waals surface area (Å²) >= 11 is 1.31. The Hall–Kier alpha value is -1.56. The number of hydrogen-bond donors (Lipinski definition) is 3. The van der Waals surface area contributed by atoms with Crippen LogP contribution in [0.1, 0.15) is 53.4 Å². The molecule has 0 unspecified atom stereocenters. The first-order chi connectivity index (χ1) is 9.88. The van der Waals surface area contributed by atoms with E-state index in [1.165, 1.54) is 11.3 Å². The van der Waals surface area contributed by atoms with Crippen LogP contribution in [0.15, 0.2) is 0 Å². The van der Waals surface area contributed by atoms with Crippen LogP contribution in [0.5, 0.6) is 0 Å². The molecule has 0 aliphatic heterocycles. The van der Waals surface area contributed by atoms with Crippen molar-refractivity contribution in [3.63, 3.8) is 0 Å². The molecule has 1 heterocycles. The van der Waals surface area contributed by atoms with Crippen molar-refractivity contribution in [1.82, 2.24) is 5.32 Å². The summed E-state index contributed by atoms with van der Waals surface area (Å²) in [7, 11) is 0. The number of rotatable bonds is 3. The molecule has 0 atom stereocenters. The Balaban J connectivity index is 2.00. The lowest BCUT2D eigenvalue weighted by molar-refractivity contribution is 0.0697. The SMILES string of the molecule is Cc1sc(NC(=O)NC2CCC(C)CC2)c(C(=O)O)c1C. The topological polar surface area (TPSA) is 78.4 Å². The van der Waals surface area contributed by atoms with E-state index < -0.39 is 5.97 Å². The Bertz CT molecular complexity index is 545. The molecular formula is C15H22N2O3S. The van der Waals surface area contributed by atoms with Gasteiger partial charge in [-0.15, -0.1) is 11.3 Å². The fourth-order valence-corrected chi connectivity index (χ4v) is 3.75. The van der Waals surface area contributed by atoms with E-state index in [1.54, 1.807) is 6.92 Å². The van der Waals surface area contributed by atoms with Crippen LogP contribution in [-0.4, -0.2) is 23.1 Å². The Morgan fingerprint density at radius 3 is 2.38 bits per heavy atom. The molecule has 1 saturated carbocycles. The molecular weight excluding hydrogens is 288 g/mol. The lowest BCUT2D eigenvalue weighted by Gasteiger charge is -2.26. The van der Waals surface area contributed by atoms with Crippen LogP contribution in [0, 0.1) is 19.8 Å². The molecule has 5 nitrogen and oxygen atoms in total. The highest BCUT2D eigenvalue weighted by molar-refractivity contribution is 7.16. The molecule has 0 saturated heterocycles. The van der Waals surface area contributed by atoms with Gasteiger partial charge in [-0.1, -0.05) is 6.92 Å². The number of aromatic carboxylic acids is 1. The second-order valence-electron chi connectivity index (χ2n) is 5.85. The minimum Gasteiger partial charge on any atom is -0.478 e. The van der Waals surface area contributed by atoms with E-state index >= 15 is 0 Å². The van der Waals surface area contributed by atoms with Gasteiger partial charge in [0.05, 0.1) is 5.56 Å². The quantitative estimate of drug-likeness (QED) is 0.795. The first-order valence-corrected chi connectivity index (χ1v) is 8.11. The predicted octanol–water partition coefficient (Wildman–Crippen LogP) is 3.76. The van der Waals surface area contributed by atoms with Gasteiger partial charge >= 0.3 is 12.0 Å². The van der Waals surface area contributed by atoms with Crippen LogP contribution in [0.25, 0.3) is 0 Å². The van der Waals surface area contributed by atoms with Crippen molar-refractivity contribution in [2.45, 2.75) is 52.5 Å². The van der Waals surface area contributed by atoms with Gasteiger partial charge in [0, 0.05) is 10.9 Å². The number of carbonyl (C=O) groups is 2. The molecule has 0 spiro atoms. The Kier molecular flexibility index (Phi) is 4.88. The van der Waals surface area contributed by atoms with Gasteiger partial charge in [0.1, 0.15) is 5.00 Å². The van der Waals surface area contributed by atoms with Crippen LogP contribution in [0.4, 0.5) is 9.80 Å². The molecule has 1 aliphatic rings. The van der Waals surface area contributed by atoms with Crippen LogP contribution >= 0.6 is 11.3 Å². The summed E-state index contributed by atoms with van der Waals surface area (Å²) in [5.74, 6) is -0.272. The molecule has 0 radical (unpaired) electrons. The third kappa shape index (κ3) is 3.75. The second-order valence-corrected chi connectivity index (χ2v) is 7.07. The highest BCUT2D eigenvalue weighted by Crippen LogP contribution is 2.32. The highest BCUT2D eigenvalue weighted by Gasteiger charge is 2.23. The number of nitrogens with one attached hydrogen (secondary N) is 2. The molecule has 21 heavy (non-hydrogen) atoms. The maximum Gasteiger partial charge on any atom is 0.338 e. The summed E-state index contributed by atoms with van der Waals surface area (Å²) in [4.78, 5) is 24.3.